The van der Waals surface area contributed by atoms with Crippen molar-refractivity contribution in [1.29, 1.82) is 0 Å². The second-order valence-electron chi connectivity index (χ2n) is 3.03. The van der Waals surface area contributed by atoms with Crippen molar-refractivity contribution in [3.05, 3.63) is 34.9 Å². The van der Waals surface area contributed by atoms with Gasteiger partial charge in [0.2, 0.25) is 0 Å². The molecule has 1 aromatic heterocycles. The molecule has 0 aliphatic carbocycles. The van der Waals surface area contributed by atoms with Crippen molar-refractivity contribution in [2.75, 3.05) is 5.73 Å². The predicted octanol–water partition coefficient (Wildman–Crippen LogP) is 3.35. The fraction of sp³-hybridized carbons (Fsp3) is 0.100. The van der Waals surface area contributed by atoms with Crippen molar-refractivity contribution in [3.8, 4) is 10.4 Å². The molecule has 0 atom stereocenters. The third-order valence-corrected chi connectivity index (χ3v) is 3.44. The Hall–Kier alpha value is -1.06. The van der Waals surface area contributed by atoms with E-state index in [0.29, 0.717) is 10.8 Å². The van der Waals surface area contributed by atoms with Crippen LogP contribution in [0.4, 0.5) is 5.82 Å². The molecule has 72 valence electrons. The molecule has 2 N–H and O–H groups in total. The molecule has 1 aromatic carbocycles. The van der Waals surface area contributed by atoms with Gasteiger partial charge < -0.3 is 5.73 Å². The number of nitrogen functional groups attached to an aromatic ring is 1. The maximum Gasteiger partial charge on any atom is 0.156 e. The molecule has 0 saturated carbocycles. The molecule has 0 aliphatic rings. The van der Waals surface area contributed by atoms with Crippen LogP contribution in [0, 0.1) is 6.92 Å². The van der Waals surface area contributed by atoms with Crippen LogP contribution in [0.1, 0.15) is 5.56 Å². The summed E-state index contributed by atoms with van der Waals surface area (Å²) in [6.45, 7) is 2.04. The van der Waals surface area contributed by atoms with E-state index in [-0.39, 0.29) is 0 Å². The molecular formula is C10H9ClN2S. The van der Waals surface area contributed by atoms with Crippen molar-refractivity contribution in [2.24, 2.45) is 0 Å². The van der Waals surface area contributed by atoms with Gasteiger partial charge in [0.1, 0.15) is 5.02 Å². The molecular weight excluding hydrogens is 216 g/mol. The topological polar surface area (TPSA) is 38.9 Å². The molecule has 0 unspecified atom stereocenters. The highest BCUT2D eigenvalue weighted by atomic mass is 35.5. The number of benzene rings is 1. The molecule has 4 heteroatoms. The summed E-state index contributed by atoms with van der Waals surface area (Å²) in [5.41, 5.74) is 7.88. The van der Waals surface area contributed by atoms with Gasteiger partial charge in [0.05, 0.1) is 4.88 Å². The third-order valence-electron chi connectivity index (χ3n) is 2.05. The number of anilines is 1. The van der Waals surface area contributed by atoms with E-state index < -0.39 is 0 Å². The minimum atomic E-state index is 0.412. The maximum atomic E-state index is 6.04. The van der Waals surface area contributed by atoms with Crippen LogP contribution in [0.25, 0.3) is 10.4 Å². The monoisotopic (exact) mass is 224 g/mol. The van der Waals surface area contributed by atoms with Gasteiger partial charge in [-0.1, -0.05) is 35.9 Å². The number of rotatable bonds is 1. The van der Waals surface area contributed by atoms with Gasteiger partial charge in [-0.25, -0.2) is 0 Å². The first-order chi connectivity index (χ1) is 6.70. The number of hydrogen-bond acceptors (Lipinski definition) is 3. The molecule has 2 rings (SSSR count). The summed E-state index contributed by atoms with van der Waals surface area (Å²) in [4.78, 5) is 0.947. The molecule has 0 saturated heterocycles. The zero-order chi connectivity index (χ0) is 10.1. The zero-order valence-corrected chi connectivity index (χ0v) is 9.19. The molecule has 14 heavy (non-hydrogen) atoms. The number of hydrogen-bond donors (Lipinski definition) is 1. The van der Waals surface area contributed by atoms with E-state index in [1.165, 1.54) is 17.1 Å². The Morgan fingerprint density at radius 3 is 2.64 bits per heavy atom. The fourth-order valence-corrected chi connectivity index (χ4v) is 2.38. The van der Waals surface area contributed by atoms with Gasteiger partial charge in [-0.15, -0.1) is 0 Å². The molecule has 0 amide bonds. The Morgan fingerprint density at radius 1 is 1.36 bits per heavy atom. The Kier molecular flexibility index (Phi) is 2.44. The van der Waals surface area contributed by atoms with Crippen molar-refractivity contribution < 1.29 is 0 Å². The molecule has 0 aliphatic heterocycles. The summed E-state index contributed by atoms with van der Waals surface area (Å²) < 4.78 is 4.02. The molecule has 2 aromatic rings. The summed E-state index contributed by atoms with van der Waals surface area (Å²) in [5, 5.41) is 0.560. The smallest absolute Gasteiger partial charge is 0.156 e. The summed E-state index contributed by atoms with van der Waals surface area (Å²) in [5.74, 6) is 0.412. The lowest BCUT2D eigenvalue weighted by Gasteiger charge is -2.01. The average Bonchev–Trinajstić information content (AvgIpc) is 2.49. The van der Waals surface area contributed by atoms with Crippen LogP contribution in [0.15, 0.2) is 24.3 Å². The van der Waals surface area contributed by atoms with Crippen LogP contribution >= 0.6 is 23.1 Å². The first kappa shape index (κ1) is 9.49. The van der Waals surface area contributed by atoms with Gasteiger partial charge in [-0.3, -0.25) is 0 Å². The molecule has 1 heterocycles. The van der Waals surface area contributed by atoms with E-state index >= 15 is 0 Å². The summed E-state index contributed by atoms with van der Waals surface area (Å²) >= 11 is 7.37. The van der Waals surface area contributed by atoms with Crippen LogP contribution in [0.3, 0.4) is 0 Å². The van der Waals surface area contributed by atoms with Crippen molar-refractivity contribution in [3.63, 3.8) is 0 Å². The van der Waals surface area contributed by atoms with Crippen LogP contribution in [0.5, 0.6) is 0 Å². The van der Waals surface area contributed by atoms with Crippen LogP contribution in [-0.2, 0) is 0 Å². The second kappa shape index (κ2) is 3.59. The van der Waals surface area contributed by atoms with Crippen molar-refractivity contribution in [2.45, 2.75) is 6.92 Å². The van der Waals surface area contributed by atoms with Crippen LogP contribution < -0.4 is 5.73 Å². The summed E-state index contributed by atoms with van der Waals surface area (Å²) in [7, 11) is 0. The quantitative estimate of drug-likeness (QED) is 0.807. The number of nitrogens with two attached hydrogens (primary N) is 1. The van der Waals surface area contributed by atoms with E-state index in [9.17, 15) is 0 Å². The Balaban J connectivity index is 2.60. The van der Waals surface area contributed by atoms with Crippen LogP contribution in [0.2, 0.25) is 5.02 Å². The highest BCUT2D eigenvalue weighted by Gasteiger charge is 2.12. The van der Waals surface area contributed by atoms with E-state index in [0.717, 1.165) is 10.4 Å². The number of nitrogens with zero attached hydrogens (tertiary/aromatic N) is 1. The lowest BCUT2D eigenvalue weighted by Crippen LogP contribution is -1.84. The fourth-order valence-electron chi connectivity index (χ4n) is 1.29. The van der Waals surface area contributed by atoms with Gasteiger partial charge >= 0.3 is 0 Å². The standard InChI is InChI=1S/C10H9ClN2S/c1-6-4-2-3-5-7(6)9-8(11)10(12)13-14-9/h2-5H,1H3,(H2,12,13). The average molecular weight is 225 g/mol. The highest BCUT2D eigenvalue weighted by molar-refractivity contribution is 7.10. The number of aromatic nitrogens is 1. The van der Waals surface area contributed by atoms with E-state index in [2.05, 4.69) is 4.37 Å². The first-order valence-electron chi connectivity index (χ1n) is 4.17. The first-order valence-corrected chi connectivity index (χ1v) is 5.32. The molecule has 0 radical (unpaired) electrons. The zero-order valence-electron chi connectivity index (χ0n) is 7.62. The number of halogens is 1. The van der Waals surface area contributed by atoms with Crippen LogP contribution in [-0.4, -0.2) is 4.37 Å². The van der Waals surface area contributed by atoms with Gasteiger partial charge in [-0.2, -0.15) is 4.37 Å². The maximum absolute atomic E-state index is 6.04. The minimum absolute atomic E-state index is 0.412. The normalized spacial score (nSPS) is 10.4. The van der Waals surface area contributed by atoms with E-state index in [1.807, 2.05) is 31.2 Å². The Labute approximate surface area is 91.5 Å². The van der Waals surface area contributed by atoms with Crippen molar-refractivity contribution >= 4 is 29.0 Å². The Bertz CT molecular complexity index is 465. The molecule has 0 spiro atoms. The second-order valence-corrected chi connectivity index (χ2v) is 4.18. The van der Waals surface area contributed by atoms with E-state index in [1.54, 1.807) is 0 Å². The van der Waals surface area contributed by atoms with Gasteiger partial charge in [-0.05, 0) is 29.6 Å². The van der Waals surface area contributed by atoms with Crippen molar-refractivity contribution in [1.82, 2.24) is 4.37 Å². The molecule has 0 fully saturated rings. The third kappa shape index (κ3) is 1.49. The van der Waals surface area contributed by atoms with Gasteiger partial charge in [0.25, 0.3) is 0 Å². The lowest BCUT2D eigenvalue weighted by atomic mass is 10.1. The number of aryl methyl sites for hydroxylation is 1. The summed E-state index contributed by atoms with van der Waals surface area (Å²) in [6.07, 6.45) is 0. The largest absolute Gasteiger partial charge is 0.382 e. The SMILES string of the molecule is Cc1ccccc1-c1snc(N)c1Cl. The molecule has 0 bridgehead atoms. The predicted molar refractivity (Wildman–Crippen MR) is 61.7 cm³/mol. The Morgan fingerprint density at radius 2 is 2.07 bits per heavy atom. The van der Waals surface area contributed by atoms with E-state index in [4.69, 9.17) is 17.3 Å². The highest BCUT2D eigenvalue weighted by Crippen LogP contribution is 2.37. The molecule has 2 nitrogen and oxygen atoms in total. The lowest BCUT2D eigenvalue weighted by molar-refractivity contribution is 1.48. The van der Waals surface area contributed by atoms with Gasteiger partial charge in [0.15, 0.2) is 5.82 Å². The summed E-state index contributed by atoms with van der Waals surface area (Å²) in [6, 6.07) is 8.04. The minimum Gasteiger partial charge on any atom is -0.382 e. The van der Waals surface area contributed by atoms with Gasteiger partial charge in [0, 0.05) is 0 Å².